The summed E-state index contributed by atoms with van der Waals surface area (Å²) in [7, 11) is 0. The Morgan fingerprint density at radius 2 is 1.97 bits per heavy atom. The van der Waals surface area contributed by atoms with Crippen molar-refractivity contribution in [1.29, 1.82) is 0 Å². The molecule has 0 radical (unpaired) electrons. The molecule has 2 aliphatic heterocycles. The van der Waals surface area contributed by atoms with Gasteiger partial charge in [0.15, 0.2) is 5.13 Å². The summed E-state index contributed by atoms with van der Waals surface area (Å²) < 4.78 is 6.73. The van der Waals surface area contributed by atoms with Gasteiger partial charge >= 0.3 is 0 Å². The number of ether oxygens (including phenoxy) is 1. The van der Waals surface area contributed by atoms with Crippen LogP contribution in [0, 0.1) is 5.92 Å². The number of anilines is 1. The zero-order valence-corrected chi connectivity index (χ0v) is 22.5. The highest BCUT2D eigenvalue weighted by Crippen LogP contribution is 2.35. The molecule has 4 heterocycles. The molecule has 3 fully saturated rings. The highest BCUT2D eigenvalue weighted by molar-refractivity contribution is 7.98. The Balaban J connectivity index is 1.03. The second-order valence-electron chi connectivity index (χ2n) is 10.2. The average molecular weight is 523 g/mol. The highest BCUT2D eigenvalue weighted by Gasteiger charge is 2.32. The molecule has 9 heteroatoms. The third-order valence-corrected chi connectivity index (χ3v) is 9.40. The lowest BCUT2D eigenvalue weighted by molar-refractivity contribution is -0.0574. The van der Waals surface area contributed by atoms with Crippen molar-refractivity contribution < 1.29 is 4.74 Å². The second-order valence-corrected chi connectivity index (χ2v) is 12.1. The molecule has 0 spiro atoms. The van der Waals surface area contributed by atoms with E-state index in [0.717, 1.165) is 79.3 Å². The minimum absolute atomic E-state index is 0.465. The Labute approximate surface area is 221 Å². The van der Waals surface area contributed by atoms with Gasteiger partial charge in [0, 0.05) is 54.7 Å². The molecular weight excluding hydrogens is 488 g/mol. The topological polar surface area (TPSA) is 66.4 Å². The van der Waals surface area contributed by atoms with E-state index in [-0.39, 0.29) is 0 Å². The summed E-state index contributed by atoms with van der Waals surface area (Å²) in [6, 6.07) is 7.68. The standard InChI is InChI=1S/C27H34N6OS2/c1-18(32-16-33(17-32)22-7-9-34-10-8-22)20-4-6-24-25(13-20)36-27(31-24)30-21-5-3-19(11-21)12-26-28-14-23(35-2)15-29-26/h4,6,13-15,19,21-22H,1,3,5,7-12,16-17H2,2H3,(H,30,31)/t19-,21-/m0/s1. The van der Waals surface area contributed by atoms with Gasteiger partial charge in [0.2, 0.25) is 0 Å². The molecule has 0 unspecified atom stereocenters. The SMILES string of the molecule is C=C(c1ccc2nc(N[C@H]3CC[C@H](Cc4ncc(SC)cn4)C3)sc2c1)N1CN(C2CCOCC2)C1. The molecule has 1 aliphatic carbocycles. The lowest BCUT2D eigenvalue weighted by atomic mass is 10.0. The Kier molecular flexibility index (Phi) is 7.15. The number of hydrogen-bond donors (Lipinski definition) is 1. The summed E-state index contributed by atoms with van der Waals surface area (Å²) in [5, 5.41) is 4.74. The maximum absolute atomic E-state index is 5.51. The number of fused-ring (bicyclic) bond motifs is 1. The van der Waals surface area contributed by atoms with Gasteiger partial charge < -0.3 is 15.0 Å². The number of nitrogens with one attached hydrogen (secondary N) is 1. The minimum atomic E-state index is 0.465. The van der Waals surface area contributed by atoms with Gasteiger partial charge in [-0.05, 0) is 62.0 Å². The number of nitrogens with zero attached hydrogens (tertiary/aromatic N) is 5. The summed E-state index contributed by atoms with van der Waals surface area (Å²) in [4.78, 5) is 20.0. The van der Waals surface area contributed by atoms with Crippen molar-refractivity contribution >= 4 is 44.1 Å². The first kappa shape index (κ1) is 24.2. The number of thiazole rings is 1. The van der Waals surface area contributed by atoms with Crippen LogP contribution in [0.5, 0.6) is 0 Å². The lowest BCUT2D eigenvalue weighted by Crippen LogP contribution is -2.58. The molecule has 1 aromatic carbocycles. The third-order valence-electron chi connectivity index (χ3n) is 7.77. The normalized spacial score (nSPS) is 23.2. The molecule has 190 valence electrons. The van der Waals surface area contributed by atoms with E-state index in [2.05, 4.69) is 56.1 Å². The predicted octanol–water partition coefficient (Wildman–Crippen LogP) is 5.31. The Morgan fingerprint density at radius 3 is 2.75 bits per heavy atom. The van der Waals surface area contributed by atoms with Crippen molar-refractivity contribution in [1.82, 2.24) is 24.8 Å². The van der Waals surface area contributed by atoms with E-state index in [0.29, 0.717) is 18.0 Å². The van der Waals surface area contributed by atoms with Crippen LogP contribution in [-0.2, 0) is 11.2 Å². The van der Waals surface area contributed by atoms with E-state index in [9.17, 15) is 0 Å². The quantitative estimate of drug-likeness (QED) is 0.399. The second kappa shape index (κ2) is 10.7. The van der Waals surface area contributed by atoms with Gasteiger partial charge in [-0.1, -0.05) is 24.0 Å². The van der Waals surface area contributed by atoms with Crippen LogP contribution in [0.4, 0.5) is 5.13 Å². The molecular formula is C27H34N6OS2. The summed E-state index contributed by atoms with van der Waals surface area (Å²) >= 11 is 3.44. The first-order chi connectivity index (χ1) is 17.6. The fourth-order valence-electron chi connectivity index (χ4n) is 5.58. The molecule has 36 heavy (non-hydrogen) atoms. The fraction of sp³-hybridized carbons (Fsp3) is 0.519. The van der Waals surface area contributed by atoms with Crippen LogP contribution in [-0.4, -0.2) is 69.6 Å². The molecule has 2 atom stereocenters. The maximum atomic E-state index is 5.51. The van der Waals surface area contributed by atoms with Gasteiger partial charge in [-0.25, -0.2) is 15.0 Å². The van der Waals surface area contributed by atoms with Crippen LogP contribution in [0.2, 0.25) is 0 Å². The van der Waals surface area contributed by atoms with E-state index in [1.807, 2.05) is 12.4 Å². The van der Waals surface area contributed by atoms with Crippen molar-refractivity contribution in [2.24, 2.45) is 5.92 Å². The number of thioether (sulfide) groups is 1. The van der Waals surface area contributed by atoms with E-state index in [1.54, 1.807) is 23.1 Å². The Bertz CT molecular complexity index is 1200. The van der Waals surface area contributed by atoms with E-state index in [1.165, 1.54) is 23.1 Å². The zero-order valence-electron chi connectivity index (χ0n) is 20.9. The van der Waals surface area contributed by atoms with E-state index < -0.39 is 0 Å². The monoisotopic (exact) mass is 522 g/mol. The third kappa shape index (κ3) is 5.25. The molecule has 0 bridgehead atoms. The molecule has 1 saturated carbocycles. The van der Waals surface area contributed by atoms with Crippen molar-refractivity contribution in [3.05, 3.63) is 48.6 Å². The van der Waals surface area contributed by atoms with E-state index >= 15 is 0 Å². The zero-order chi connectivity index (χ0) is 24.5. The smallest absolute Gasteiger partial charge is 0.184 e. The Morgan fingerprint density at radius 1 is 1.17 bits per heavy atom. The summed E-state index contributed by atoms with van der Waals surface area (Å²) in [5.41, 5.74) is 3.36. The lowest BCUT2D eigenvalue weighted by Gasteiger charge is -2.49. The summed E-state index contributed by atoms with van der Waals surface area (Å²) in [6.07, 6.45) is 12.7. The molecule has 3 aliphatic rings. The van der Waals surface area contributed by atoms with E-state index in [4.69, 9.17) is 9.72 Å². The van der Waals surface area contributed by atoms with Gasteiger partial charge in [0.05, 0.1) is 23.6 Å². The highest BCUT2D eigenvalue weighted by atomic mass is 32.2. The van der Waals surface area contributed by atoms with Crippen molar-refractivity contribution in [2.45, 2.75) is 55.5 Å². The fourth-order valence-corrected chi connectivity index (χ4v) is 6.87. The molecule has 7 nitrogen and oxygen atoms in total. The van der Waals surface area contributed by atoms with Gasteiger partial charge in [0.25, 0.3) is 0 Å². The molecule has 2 saturated heterocycles. The van der Waals surface area contributed by atoms with Crippen LogP contribution < -0.4 is 5.32 Å². The van der Waals surface area contributed by atoms with Gasteiger partial charge in [-0.2, -0.15) is 0 Å². The number of benzene rings is 1. The first-order valence-corrected chi connectivity index (χ1v) is 15.0. The van der Waals surface area contributed by atoms with Crippen LogP contribution in [0.25, 0.3) is 15.9 Å². The minimum Gasteiger partial charge on any atom is -0.381 e. The first-order valence-electron chi connectivity index (χ1n) is 12.9. The summed E-state index contributed by atoms with van der Waals surface area (Å²) in [6.45, 7) is 8.12. The van der Waals surface area contributed by atoms with Crippen LogP contribution in [0.3, 0.4) is 0 Å². The van der Waals surface area contributed by atoms with Crippen LogP contribution in [0.1, 0.15) is 43.5 Å². The van der Waals surface area contributed by atoms with Crippen LogP contribution in [0.15, 0.2) is 42.1 Å². The van der Waals surface area contributed by atoms with Crippen LogP contribution >= 0.6 is 23.1 Å². The average Bonchev–Trinajstić information content (AvgIpc) is 3.49. The van der Waals surface area contributed by atoms with Gasteiger partial charge in [-0.3, -0.25) is 4.90 Å². The van der Waals surface area contributed by atoms with Crippen molar-refractivity contribution in [3.8, 4) is 0 Å². The largest absolute Gasteiger partial charge is 0.381 e. The number of aromatic nitrogens is 3. The Hall–Kier alpha value is -2.20. The predicted molar refractivity (Wildman–Crippen MR) is 148 cm³/mol. The molecule has 1 N–H and O–H groups in total. The number of rotatable bonds is 8. The molecule has 0 amide bonds. The van der Waals surface area contributed by atoms with Crippen molar-refractivity contribution in [2.75, 3.05) is 38.1 Å². The molecule has 3 aromatic rings. The number of hydrogen-bond acceptors (Lipinski definition) is 9. The maximum Gasteiger partial charge on any atom is 0.184 e. The summed E-state index contributed by atoms with van der Waals surface area (Å²) in [5.74, 6) is 1.59. The van der Waals surface area contributed by atoms with Crippen molar-refractivity contribution in [3.63, 3.8) is 0 Å². The van der Waals surface area contributed by atoms with Gasteiger partial charge in [-0.15, -0.1) is 11.8 Å². The molecule has 2 aromatic heterocycles. The molecule has 6 rings (SSSR count). The van der Waals surface area contributed by atoms with Gasteiger partial charge in [0.1, 0.15) is 5.82 Å².